The zero-order valence-corrected chi connectivity index (χ0v) is 17.4. The SMILES string of the molecule is Cc1onc(C(=O)Nc2ncn(Cc3ccccc3Cl)n2)c1COc1ccc(F)cc1F. The van der Waals surface area contributed by atoms with Crippen molar-refractivity contribution in [1.82, 2.24) is 19.9 Å². The maximum Gasteiger partial charge on any atom is 0.280 e. The Labute approximate surface area is 185 Å². The van der Waals surface area contributed by atoms with Crippen LogP contribution in [0, 0.1) is 18.6 Å². The van der Waals surface area contributed by atoms with E-state index >= 15 is 0 Å². The van der Waals surface area contributed by atoms with Gasteiger partial charge in [-0.1, -0.05) is 35.0 Å². The third kappa shape index (κ3) is 4.75. The van der Waals surface area contributed by atoms with Gasteiger partial charge in [0.2, 0.25) is 5.95 Å². The highest BCUT2D eigenvalue weighted by atomic mass is 35.5. The third-order valence-corrected chi connectivity index (χ3v) is 4.89. The van der Waals surface area contributed by atoms with Gasteiger partial charge >= 0.3 is 0 Å². The Kier molecular flexibility index (Phi) is 6.13. The van der Waals surface area contributed by atoms with Crippen LogP contribution >= 0.6 is 11.6 Å². The van der Waals surface area contributed by atoms with Crippen LogP contribution in [0.5, 0.6) is 5.75 Å². The number of carbonyl (C=O) groups is 1. The monoisotopic (exact) mass is 459 g/mol. The largest absolute Gasteiger partial charge is 0.486 e. The average molecular weight is 460 g/mol. The summed E-state index contributed by atoms with van der Waals surface area (Å²) >= 11 is 6.15. The van der Waals surface area contributed by atoms with E-state index in [9.17, 15) is 13.6 Å². The fourth-order valence-electron chi connectivity index (χ4n) is 2.87. The van der Waals surface area contributed by atoms with E-state index in [1.807, 2.05) is 18.2 Å². The topological polar surface area (TPSA) is 95.1 Å². The first kappa shape index (κ1) is 21.4. The van der Waals surface area contributed by atoms with Gasteiger partial charge in [0.05, 0.1) is 12.1 Å². The lowest BCUT2D eigenvalue weighted by atomic mass is 10.2. The number of ether oxygens (including phenoxy) is 1. The molecule has 2 aromatic heterocycles. The Bertz CT molecular complexity index is 1270. The highest BCUT2D eigenvalue weighted by molar-refractivity contribution is 6.31. The van der Waals surface area contributed by atoms with Gasteiger partial charge < -0.3 is 9.26 Å². The molecule has 0 radical (unpaired) electrons. The highest BCUT2D eigenvalue weighted by Crippen LogP contribution is 2.22. The average Bonchev–Trinajstić information content (AvgIpc) is 3.35. The first-order chi connectivity index (χ1) is 15.4. The molecule has 2 aromatic carbocycles. The van der Waals surface area contributed by atoms with Crippen molar-refractivity contribution in [3.05, 3.63) is 88.0 Å². The van der Waals surface area contributed by atoms with Crippen LogP contribution in [0.25, 0.3) is 0 Å². The van der Waals surface area contributed by atoms with Gasteiger partial charge in [0.1, 0.15) is 24.5 Å². The first-order valence-electron chi connectivity index (χ1n) is 9.38. The summed E-state index contributed by atoms with van der Waals surface area (Å²) < 4.78 is 38.8. The van der Waals surface area contributed by atoms with Crippen LogP contribution in [-0.2, 0) is 13.2 Å². The quantitative estimate of drug-likeness (QED) is 0.440. The summed E-state index contributed by atoms with van der Waals surface area (Å²) in [4.78, 5) is 16.7. The van der Waals surface area contributed by atoms with Crippen molar-refractivity contribution in [3.63, 3.8) is 0 Å². The number of hydrogen-bond acceptors (Lipinski definition) is 6. The van der Waals surface area contributed by atoms with Crippen molar-refractivity contribution in [2.75, 3.05) is 5.32 Å². The summed E-state index contributed by atoms with van der Waals surface area (Å²) in [6, 6.07) is 10.2. The number of hydrogen-bond donors (Lipinski definition) is 1. The Hall–Kier alpha value is -3.79. The minimum atomic E-state index is -0.863. The molecule has 0 saturated carbocycles. The Morgan fingerprint density at radius 2 is 2.06 bits per heavy atom. The zero-order chi connectivity index (χ0) is 22.7. The van der Waals surface area contributed by atoms with Gasteiger partial charge in [0.15, 0.2) is 17.3 Å². The molecule has 0 spiro atoms. The number of nitrogens with one attached hydrogen (secondary N) is 1. The Balaban J connectivity index is 1.44. The number of anilines is 1. The molecule has 0 bridgehead atoms. The van der Waals surface area contributed by atoms with Gasteiger partial charge in [-0.05, 0) is 30.7 Å². The second-order valence-electron chi connectivity index (χ2n) is 6.74. The number of carbonyl (C=O) groups excluding carboxylic acids is 1. The summed E-state index contributed by atoms with van der Waals surface area (Å²) in [6.45, 7) is 1.74. The molecule has 11 heteroatoms. The van der Waals surface area contributed by atoms with E-state index in [0.29, 0.717) is 29.0 Å². The van der Waals surface area contributed by atoms with Gasteiger partial charge in [-0.3, -0.25) is 10.1 Å². The number of aromatic nitrogens is 4. The summed E-state index contributed by atoms with van der Waals surface area (Å²) in [7, 11) is 0. The molecule has 1 N–H and O–H groups in total. The van der Waals surface area contributed by atoms with Crippen LogP contribution in [0.4, 0.5) is 14.7 Å². The minimum Gasteiger partial charge on any atom is -0.486 e. The van der Waals surface area contributed by atoms with Gasteiger partial charge in [-0.15, -0.1) is 5.10 Å². The standard InChI is InChI=1S/C21H16ClF2N5O3/c1-12-15(10-31-18-7-6-14(23)8-17(18)24)19(28-32-12)20(30)26-21-25-11-29(27-21)9-13-4-2-3-5-16(13)22/h2-8,11H,9-10H2,1H3,(H,26,27,30). The first-order valence-corrected chi connectivity index (χ1v) is 9.75. The van der Waals surface area contributed by atoms with E-state index in [1.165, 1.54) is 11.0 Å². The molecule has 0 aliphatic heterocycles. The number of nitrogens with zero attached hydrogens (tertiary/aromatic N) is 4. The smallest absolute Gasteiger partial charge is 0.280 e. The molecule has 0 fully saturated rings. The highest BCUT2D eigenvalue weighted by Gasteiger charge is 2.22. The second-order valence-corrected chi connectivity index (χ2v) is 7.15. The van der Waals surface area contributed by atoms with Crippen LogP contribution in [0.15, 0.2) is 53.3 Å². The van der Waals surface area contributed by atoms with Crippen molar-refractivity contribution < 1.29 is 22.8 Å². The van der Waals surface area contributed by atoms with Crippen LogP contribution < -0.4 is 10.1 Å². The normalized spacial score (nSPS) is 10.9. The molecule has 0 atom stereocenters. The molecule has 2 heterocycles. The van der Waals surface area contributed by atoms with Crippen LogP contribution in [0.1, 0.15) is 27.4 Å². The molecule has 164 valence electrons. The number of rotatable bonds is 7. The molecule has 4 rings (SSSR count). The summed E-state index contributed by atoms with van der Waals surface area (Å²) in [5.74, 6) is -2.01. The lowest BCUT2D eigenvalue weighted by Gasteiger charge is -2.07. The van der Waals surface area contributed by atoms with Crippen molar-refractivity contribution in [2.45, 2.75) is 20.1 Å². The molecule has 0 unspecified atom stereocenters. The van der Waals surface area contributed by atoms with Crippen LogP contribution in [0.3, 0.4) is 0 Å². The Morgan fingerprint density at radius 3 is 2.84 bits per heavy atom. The lowest BCUT2D eigenvalue weighted by Crippen LogP contribution is -2.16. The molecule has 0 aliphatic rings. The number of benzene rings is 2. The van der Waals surface area contributed by atoms with Gasteiger partial charge in [-0.25, -0.2) is 18.4 Å². The number of amides is 1. The molecular formula is C21H16ClF2N5O3. The van der Waals surface area contributed by atoms with Crippen molar-refractivity contribution >= 4 is 23.5 Å². The van der Waals surface area contributed by atoms with E-state index in [4.69, 9.17) is 20.9 Å². The molecule has 1 amide bonds. The van der Waals surface area contributed by atoms with Gasteiger partial charge in [0.25, 0.3) is 5.91 Å². The summed E-state index contributed by atoms with van der Waals surface area (Å²) in [5.41, 5.74) is 1.09. The molecule has 32 heavy (non-hydrogen) atoms. The van der Waals surface area contributed by atoms with E-state index in [-0.39, 0.29) is 24.0 Å². The fraction of sp³-hybridized carbons (Fsp3) is 0.143. The predicted molar refractivity (Wildman–Crippen MR) is 110 cm³/mol. The Morgan fingerprint density at radius 1 is 1.25 bits per heavy atom. The van der Waals surface area contributed by atoms with E-state index in [2.05, 4.69) is 20.6 Å². The number of halogens is 3. The third-order valence-electron chi connectivity index (χ3n) is 4.52. The van der Waals surface area contributed by atoms with Crippen molar-refractivity contribution in [2.24, 2.45) is 0 Å². The minimum absolute atomic E-state index is 0.0548. The van der Waals surface area contributed by atoms with Crippen LogP contribution in [-0.4, -0.2) is 25.8 Å². The zero-order valence-electron chi connectivity index (χ0n) is 16.7. The van der Waals surface area contributed by atoms with Crippen molar-refractivity contribution in [1.29, 1.82) is 0 Å². The van der Waals surface area contributed by atoms with E-state index in [0.717, 1.165) is 17.7 Å². The summed E-state index contributed by atoms with van der Waals surface area (Å²) in [6.07, 6.45) is 1.45. The van der Waals surface area contributed by atoms with E-state index < -0.39 is 17.5 Å². The molecule has 8 nitrogen and oxygen atoms in total. The fourth-order valence-corrected chi connectivity index (χ4v) is 3.07. The van der Waals surface area contributed by atoms with E-state index in [1.54, 1.807) is 13.0 Å². The maximum absolute atomic E-state index is 13.8. The van der Waals surface area contributed by atoms with Crippen molar-refractivity contribution in [3.8, 4) is 5.75 Å². The molecule has 0 saturated heterocycles. The summed E-state index contributed by atoms with van der Waals surface area (Å²) in [5, 5.41) is 11.1. The molecule has 0 aliphatic carbocycles. The molecular weight excluding hydrogens is 444 g/mol. The second kappa shape index (κ2) is 9.15. The lowest BCUT2D eigenvalue weighted by molar-refractivity contribution is 0.101. The molecule has 4 aromatic rings. The maximum atomic E-state index is 13.8. The van der Waals surface area contributed by atoms with Crippen LogP contribution in [0.2, 0.25) is 5.02 Å². The predicted octanol–water partition coefficient (Wildman–Crippen LogP) is 4.39. The van der Waals surface area contributed by atoms with Gasteiger partial charge in [0, 0.05) is 11.1 Å². The van der Waals surface area contributed by atoms with Gasteiger partial charge in [-0.2, -0.15) is 0 Å². The number of aryl methyl sites for hydroxylation is 1.